The second-order valence-corrected chi connectivity index (χ2v) is 7.94. The Hall–Kier alpha value is -2.69. The standard InChI is InChI=1S/C24H24F3NO.C2H6/c1-16(2)23-15-19-14-18(3-8-22(19)29-23)13-17-9-11-28(12-10-17)21-6-4-20(5-7-21)24(25,26)27;1-2/h3-8,14-15,17H,1,9-13H2,2H3;1-2H3. The summed E-state index contributed by atoms with van der Waals surface area (Å²) in [6.07, 6.45) is -1.22. The summed E-state index contributed by atoms with van der Waals surface area (Å²) in [7, 11) is 0. The number of rotatable bonds is 4. The van der Waals surface area contributed by atoms with E-state index in [0.717, 1.165) is 60.3 Å². The molecule has 1 fully saturated rings. The third-order valence-corrected chi connectivity index (χ3v) is 5.70. The Morgan fingerprint density at radius 1 is 1.03 bits per heavy atom. The van der Waals surface area contributed by atoms with E-state index in [1.807, 2.05) is 32.9 Å². The summed E-state index contributed by atoms with van der Waals surface area (Å²) in [4.78, 5) is 2.18. The minimum absolute atomic E-state index is 0.575. The van der Waals surface area contributed by atoms with Crippen LogP contribution in [0.5, 0.6) is 0 Å². The molecule has 31 heavy (non-hydrogen) atoms. The van der Waals surface area contributed by atoms with E-state index < -0.39 is 11.7 Å². The van der Waals surface area contributed by atoms with Gasteiger partial charge in [-0.2, -0.15) is 13.2 Å². The number of piperidine rings is 1. The predicted molar refractivity (Wildman–Crippen MR) is 122 cm³/mol. The van der Waals surface area contributed by atoms with Crippen molar-refractivity contribution in [2.24, 2.45) is 5.92 Å². The molecule has 0 atom stereocenters. The molecule has 2 heterocycles. The third-order valence-electron chi connectivity index (χ3n) is 5.70. The van der Waals surface area contributed by atoms with E-state index >= 15 is 0 Å². The summed E-state index contributed by atoms with van der Waals surface area (Å²) >= 11 is 0. The van der Waals surface area contributed by atoms with E-state index in [-0.39, 0.29) is 0 Å². The molecule has 2 nitrogen and oxygen atoms in total. The van der Waals surface area contributed by atoms with Crippen LogP contribution in [0.25, 0.3) is 16.5 Å². The molecule has 2 aromatic carbocycles. The Morgan fingerprint density at radius 2 is 1.68 bits per heavy atom. The van der Waals surface area contributed by atoms with Gasteiger partial charge < -0.3 is 9.32 Å². The first-order chi connectivity index (χ1) is 14.8. The Morgan fingerprint density at radius 3 is 2.26 bits per heavy atom. The van der Waals surface area contributed by atoms with Crippen LogP contribution >= 0.6 is 0 Å². The van der Waals surface area contributed by atoms with Crippen molar-refractivity contribution < 1.29 is 17.6 Å². The van der Waals surface area contributed by atoms with Gasteiger partial charge in [-0.3, -0.25) is 0 Å². The Kier molecular flexibility index (Phi) is 7.14. The van der Waals surface area contributed by atoms with Gasteiger partial charge in [0.2, 0.25) is 0 Å². The molecule has 0 N–H and O–H groups in total. The van der Waals surface area contributed by atoms with Gasteiger partial charge >= 0.3 is 6.18 Å². The van der Waals surface area contributed by atoms with Gasteiger partial charge in [0.1, 0.15) is 11.3 Å². The highest BCUT2D eigenvalue weighted by molar-refractivity contribution is 5.82. The van der Waals surface area contributed by atoms with Crippen LogP contribution in [0.1, 0.15) is 50.5 Å². The maximum absolute atomic E-state index is 12.7. The molecule has 1 saturated heterocycles. The van der Waals surface area contributed by atoms with E-state index in [2.05, 4.69) is 23.6 Å². The quantitative estimate of drug-likeness (QED) is 0.418. The summed E-state index contributed by atoms with van der Waals surface area (Å²) in [6, 6.07) is 13.9. The average molecular weight is 430 g/mol. The first-order valence-corrected chi connectivity index (χ1v) is 10.9. The molecule has 0 amide bonds. The predicted octanol–water partition coefficient (Wildman–Crippen LogP) is 7.97. The largest absolute Gasteiger partial charge is 0.456 e. The van der Waals surface area contributed by atoms with Crippen LogP contribution in [-0.2, 0) is 12.6 Å². The molecular weight excluding hydrogens is 399 g/mol. The molecule has 0 saturated carbocycles. The van der Waals surface area contributed by atoms with Gasteiger partial charge in [0, 0.05) is 24.2 Å². The number of benzene rings is 2. The molecule has 0 bridgehead atoms. The van der Waals surface area contributed by atoms with Gasteiger partial charge in [0.05, 0.1) is 5.56 Å². The van der Waals surface area contributed by atoms with Gasteiger partial charge in [-0.15, -0.1) is 0 Å². The topological polar surface area (TPSA) is 16.4 Å². The smallest absolute Gasteiger partial charge is 0.416 e. The first-order valence-electron chi connectivity index (χ1n) is 10.9. The highest BCUT2D eigenvalue weighted by Crippen LogP contribution is 2.32. The zero-order chi connectivity index (χ0) is 22.6. The lowest BCUT2D eigenvalue weighted by atomic mass is 9.89. The number of hydrogen-bond acceptors (Lipinski definition) is 2. The SMILES string of the molecule is C=C(C)c1cc2cc(CC3CCN(c4ccc(C(F)(F)F)cc4)CC3)ccc2o1.CC. The zero-order valence-electron chi connectivity index (χ0n) is 18.4. The second kappa shape index (κ2) is 9.63. The number of alkyl halides is 3. The number of nitrogens with zero attached hydrogens (tertiary/aromatic N) is 1. The fraction of sp³-hybridized carbons (Fsp3) is 0.385. The van der Waals surface area contributed by atoms with Gasteiger partial charge in [0.25, 0.3) is 0 Å². The Labute approximate surface area is 182 Å². The van der Waals surface area contributed by atoms with E-state index in [1.165, 1.54) is 17.7 Å². The van der Waals surface area contributed by atoms with Gasteiger partial charge in [-0.1, -0.05) is 26.5 Å². The molecule has 0 radical (unpaired) electrons. The average Bonchev–Trinajstić information content (AvgIpc) is 3.19. The first kappa shape index (κ1) is 23.0. The van der Waals surface area contributed by atoms with Crippen LogP contribution in [0.3, 0.4) is 0 Å². The van der Waals surface area contributed by atoms with Crippen LogP contribution in [0, 0.1) is 5.92 Å². The number of fused-ring (bicyclic) bond motifs is 1. The normalized spacial score (nSPS) is 15.0. The van der Waals surface area contributed by atoms with E-state index in [1.54, 1.807) is 12.1 Å². The molecule has 3 aromatic rings. The van der Waals surface area contributed by atoms with Crippen molar-refractivity contribution in [3.05, 3.63) is 72.0 Å². The maximum Gasteiger partial charge on any atom is 0.416 e. The van der Waals surface area contributed by atoms with Crippen molar-refractivity contribution in [2.75, 3.05) is 18.0 Å². The van der Waals surface area contributed by atoms with E-state index in [4.69, 9.17) is 4.42 Å². The van der Waals surface area contributed by atoms with E-state index in [9.17, 15) is 13.2 Å². The molecule has 0 spiro atoms. The summed E-state index contributed by atoms with van der Waals surface area (Å²) in [5.41, 5.74) is 3.35. The lowest BCUT2D eigenvalue weighted by Gasteiger charge is -2.34. The highest BCUT2D eigenvalue weighted by atomic mass is 19.4. The van der Waals surface area contributed by atoms with Crippen molar-refractivity contribution in [3.8, 4) is 0 Å². The van der Waals surface area contributed by atoms with Crippen molar-refractivity contribution in [3.63, 3.8) is 0 Å². The third kappa shape index (κ3) is 5.52. The molecule has 5 heteroatoms. The Balaban J connectivity index is 0.00000132. The molecular formula is C26H30F3NO. The molecule has 1 aromatic heterocycles. The lowest BCUT2D eigenvalue weighted by Crippen LogP contribution is -2.34. The van der Waals surface area contributed by atoms with Crippen molar-refractivity contribution in [2.45, 2.75) is 46.2 Å². The minimum Gasteiger partial charge on any atom is -0.456 e. The molecule has 4 rings (SSSR count). The fourth-order valence-electron chi connectivity index (χ4n) is 4.02. The molecule has 0 aliphatic carbocycles. The summed E-state index contributed by atoms with van der Waals surface area (Å²) in [5.74, 6) is 1.40. The van der Waals surface area contributed by atoms with Gasteiger partial charge in [-0.25, -0.2) is 0 Å². The van der Waals surface area contributed by atoms with Gasteiger partial charge in [0.15, 0.2) is 0 Å². The van der Waals surface area contributed by atoms with Crippen LogP contribution in [0.4, 0.5) is 18.9 Å². The Bertz CT molecular complexity index is 1010. The number of hydrogen-bond donors (Lipinski definition) is 0. The minimum atomic E-state index is -4.28. The second-order valence-electron chi connectivity index (χ2n) is 7.94. The summed E-state index contributed by atoms with van der Waals surface area (Å²) < 4.78 is 44.0. The summed E-state index contributed by atoms with van der Waals surface area (Å²) in [5, 5.41) is 1.10. The maximum atomic E-state index is 12.7. The van der Waals surface area contributed by atoms with E-state index in [0.29, 0.717) is 5.92 Å². The molecule has 0 unspecified atom stereocenters. The molecule has 1 aliphatic rings. The van der Waals surface area contributed by atoms with Gasteiger partial charge in [-0.05, 0) is 85.7 Å². The fourth-order valence-corrected chi connectivity index (χ4v) is 4.02. The number of allylic oxidation sites excluding steroid dienone is 1. The van der Waals surface area contributed by atoms with Crippen molar-refractivity contribution in [1.82, 2.24) is 0 Å². The summed E-state index contributed by atoms with van der Waals surface area (Å²) in [6.45, 7) is 11.6. The lowest BCUT2D eigenvalue weighted by molar-refractivity contribution is -0.137. The van der Waals surface area contributed by atoms with Crippen molar-refractivity contribution >= 4 is 22.2 Å². The van der Waals surface area contributed by atoms with Crippen LogP contribution in [0.15, 0.2) is 59.5 Å². The van der Waals surface area contributed by atoms with Crippen LogP contribution in [-0.4, -0.2) is 13.1 Å². The van der Waals surface area contributed by atoms with Crippen LogP contribution in [0.2, 0.25) is 0 Å². The highest BCUT2D eigenvalue weighted by Gasteiger charge is 2.30. The monoisotopic (exact) mass is 429 g/mol. The molecule has 1 aliphatic heterocycles. The molecule has 166 valence electrons. The number of halogens is 3. The zero-order valence-corrected chi connectivity index (χ0v) is 18.4. The number of anilines is 1. The number of furan rings is 1. The van der Waals surface area contributed by atoms with Crippen LogP contribution < -0.4 is 4.90 Å². The van der Waals surface area contributed by atoms with Crippen molar-refractivity contribution in [1.29, 1.82) is 0 Å².